The van der Waals surface area contributed by atoms with Crippen LogP contribution in [0.3, 0.4) is 0 Å². The molecule has 0 fully saturated rings. The summed E-state index contributed by atoms with van der Waals surface area (Å²) in [5, 5.41) is 0. The lowest BCUT2D eigenvalue weighted by atomic mass is 9.87. The second kappa shape index (κ2) is 49.2. The van der Waals surface area contributed by atoms with Crippen LogP contribution in [0.2, 0.25) is 0 Å². The first-order chi connectivity index (χ1) is 67.8. The van der Waals surface area contributed by atoms with Crippen molar-refractivity contribution in [3.8, 4) is 0 Å². The van der Waals surface area contributed by atoms with Gasteiger partial charge < -0.3 is 29.4 Å². The van der Waals surface area contributed by atoms with E-state index in [9.17, 15) is 0 Å². The summed E-state index contributed by atoms with van der Waals surface area (Å²) in [6.07, 6.45) is 14.4. The molecule has 0 bridgehead atoms. The summed E-state index contributed by atoms with van der Waals surface area (Å²) in [5.41, 5.74) is 44.2. The van der Waals surface area contributed by atoms with Gasteiger partial charge in [0, 0.05) is 102 Å². The lowest BCUT2D eigenvalue weighted by Gasteiger charge is -2.28. The molecule has 6 heteroatoms. The maximum Gasteiger partial charge on any atom is 0.0464 e. The van der Waals surface area contributed by atoms with Crippen LogP contribution < -0.4 is 29.4 Å². The Labute approximate surface area is 840 Å². The fourth-order valence-corrected chi connectivity index (χ4v) is 17.6. The Morgan fingerprint density at radius 1 is 0.200 bits per heavy atom. The second-order valence-corrected chi connectivity index (χ2v) is 39.3. The summed E-state index contributed by atoms with van der Waals surface area (Å²) < 4.78 is 0. The van der Waals surface area contributed by atoms with E-state index in [1.165, 1.54) is 232 Å². The quantitative estimate of drug-likeness (QED) is 0.0462. The van der Waals surface area contributed by atoms with Gasteiger partial charge in [-0.2, -0.15) is 0 Å². The van der Waals surface area contributed by atoms with Crippen molar-refractivity contribution in [2.45, 2.75) is 213 Å². The summed E-state index contributed by atoms with van der Waals surface area (Å²) in [4.78, 5) is 14.0. The van der Waals surface area contributed by atoms with Crippen LogP contribution in [-0.4, -0.2) is 0 Å². The highest BCUT2D eigenvalue weighted by Gasteiger charge is 2.23. The Bertz CT molecular complexity index is 6330. The van der Waals surface area contributed by atoms with Crippen molar-refractivity contribution in [3.05, 3.63) is 501 Å². The predicted octanol–water partition coefficient (Wildman–Crippen LogP) is 39.3. The maximum absolute atomic E-state index is 2.35. The van der Waals surface area contributed by atoms with Gasteiger partial charge >= 0.3 is 0 Å². The predicted molar refractivity (Wildman–Crippen MR) is 608 cm³/mol. The lowest BCUT2D eigenvalue weighted by molar-refractivity contribution is 0.590. The van der Waals surface area contributed by atoms with Crippen molar-refractivity contribution in [1.82, 2.24) is 0 Å². The third-order valence-electron chi connectivity index (χ3n) is 26.8. The van der Waals surface area contributed by atoms with Gasteiger partial charge in [0.25, 0.3) is 0 Å². The van der Waals surface area contributed by atoms with Gasteiger partial charge in [-0.3, -0.25) is 0 Å². The molecule has 17 aromatic rings. The van der Waals surface area contributed by atoms with Crippen molar-refractivity contribution in [1.29, 1.82) is 0 Å². The number of rotatable bonds is 29. The molecule has 0 spiro atoms. The lowest BCUT2D eigenvalue weighted by Crippen LogP contribution is -2.13. The number of aryl methyl sites for hydroxylation is 15. The molecule has 0 aliphatic heterocycles. The molecule has 0 N–H and O–H groups in total. The van der Waals surface area contributed by atoms with E-state index in [0.717, 1.165) is 42.0 Å². The molecule has 0 aromatic heterocycles. The van der Waals surface area contributed by atoms with Crippen molar-refractivity contribution >= 4 is 102 Å². The molecule has 1 aliphatic rings. The van der Waals surface area contributed by atoms with Crippen molar-refractivity contribution < 1.29 is 0 Å². The van der Waals surface area contributed by atoms with E-state index in [0.29, 0.717) is 5.92 Å². The molecule has 0 saturated carbocycles. The zero-order valence-corrected chi connectivity index (χ0v) is 86.4. The molecule has 0 saturated heterocycles. The van der Waals surface area contributed by atoms with Crippen LogP contribution in [0.1, 0.15) is 201 Å². The van der Waals surface area contributed by atoms with Gasteiger partial charge in [-0.05, 0) is 396 Å². The van der Waals surface area contributed by atoms with Crippen LogP contribution in [0.25, 0.3) is 0 Å². The normalized spacial score (nSPS) is 11.4. The Kier molecular flexibility index (Phi) is 35.7. The molecule has 0 heterocycles. The zero-order valence-electron chi connectivity index (χ0n) is 86.4. The minimum atomic E-state index is 0.164. The van der Waals surface area contributed by atoms with Gasteiger partial charge in [0.15, 0.2) is 0 Å². The van der Waals surface area contributed by atoms with Gasteiger partial charge in [0.1, 0.15) is 0 Å². The molecule has 1 unspecified atom stereocenters. The minimum absolute atomic E-state index is 0.164. The molecule has 0 amide bonds. The van der Waals surface area contributed by atoms with Crippen LogP contribution >= 0.6 is 0 Å². The molecular formula is C134H146N6. The van der Waals surface area contributed by atoms with Crippen LogP contribution in [0.15, 0.2) is 406 Å². The first-order valence-corrected chi connectivity index (χ1v) is 51.0. The molecular weight excluding hydrogens is 1690 g/mol. The summed E-state index contributed by atoms with van der Waals surface area (Å²) in [5.74, 6) is 0.598. The Hall–Kier alpha value is -14.5. The van der Waals surface area contributed by atoms with Crippen molar-refractivity contribution in [2.24, 2.45) is 0 Å². The first kappa shape index (κ1) is 101. The molecule has 6 nitrogen and oxygen atoms in total. The SMILES string of the molecule is CCC(C)c1ccc(N(c2ccc(C)cc2)c2ccc(C)cc2)cc1.CCCCc1ccc(N(c2ccc(C)cc2)c2ccc(C)cc2)cc1.CCCCc1ccc(N(c2ccc(C)cc2)c2ccc(N(c3ccc(C)cc3)c3ccc(CCCC)cc3)cc2)cc1.Cc1ccc(N(c2ccc(C)cc2)c2ccc(C(C)(C)C)cc2)cc1.Cc1ccc(N(c2ccc(C)cc2)c2ccc3c(c2)CC3)cc1. The smallest absolute Gasteiger partial charge is 0.0464 e. The molecule has 18 rings (SSSR count). The van der Waals surface area contributed by atoms with Crippen LogP contribution in [0.5, 0.6) is 0 Å². The van der Waals surface area contributed by atoms with Gasteiger partial charge in [0.2, 0.25) is 0 Å². The van der Waals surface area contributed by atoms with E-state index >= 15 is 0 Å². The average molecular weight is 1840 g/mol. The zero-order chi connectivity index (χ0) is 98.6. The average Bonchev–Trinajstić information content (AvgIpc) is 0.793. The number of anilines is 18. The summed E-state index contributed by atoms with van der Waals surface area (Å²) >= 11 is 0. The molecule has 712 valence electrons. The third kappa shape index (κ3) is 27.5. The van der Waals surface area contributed by atoms with E-state index in [1.54, 1.807) is 0 Å². The van der Waals surface area contributed by atoms with Crippen molar-refractivity contribution in [2.75, 3.05) is 29.4 Å². The fourth-order valence-electron chi connectivity index (χ4n) is 17.6. The molecule has 1 atom stereocenters. The Balaban J connectivity index is 0.000000142. The first-order valence-electron chi connectivity index (χ1n) is 51.0. The number of hydrogen-bond acceptors (Lipinski definition) is 6. The van der Waals surface area contributed by atoms with E-state index in [4.69, 9.17) is 0 Å². The van der Waals surface area contributed by atoms with E-state index in [-0.39, 0.29) is 5.41 Å². The molecule has 140 heavy (non-hydrogen) atoms. The number of hydrogen-bond donors (Lipinski definition) is 0. The van der Waals surface area contributed by atoms with E-state index < -0.39 is 0 Å². The number of nitrogens with zero attached hydrogens (tertiary/aromatic N) is 6. The molecule has 1 aliphatic carbocycles. The summed E-state index contributed by atoms with van der Waals surface area (Å²) in [6, 6.07) is 148. The van der Waals surface area contributed by atoms with E-state index in [2.05, 4.69) is 560 Å². The van der Waals surface area contributed by atoms with Crippen LogP contribution in [0, 0.1) is 69.2 Å². The van der Waals surface area contributed by atoms with Gasteiger partial charge in [-0.1, -0.05) is 318 Å². The highest BCUT2D eigenvalue weighted by atomic mass is 15.2. The molecule has 17 aromatic carbocycles. The number of unbranched alkanes of at least 4 members (excludes halogenated alkanes) is 3. The van der Waals surface area contributed by atoms with E-state index in [1.807, 2.05) is 0 Å². The summed E-state index contributed by atoms with van der Waals surface area (Å²) in [7, 11) is 0. The Morgan fingerprint density at radius 3 is 0.536 bits per heavy atom. The standard InChI is InChI=1S/C40H44N2.3C24H27N.C22H21N/c1-5-7-9-33-15-23-37(24-16-33)41(35-19-11-31(3)12-20-35)39-27-29-40(30-28-39)42(36-21-13-32(4)14-22-36)38-25-17-34(18-26-38)10-8-6-2;1-18-6-12-21(13-7-18)25(22-14-8-19(2)9-15-22)23-16-10-20(11-17-23)24(3,4)5;1-5-20(4)21-10-16-24(17-11-21)25(22-12-6-18(2)7-13-22)23-14-8-19(3)9-15-23;1-4-5-6-21-11-17-24(18-12-21)25(22-13-7-19(2)8-14-22)23-15-9-20(3)10-16-23;1-16-3-10-20(11-4-16)23(21-12-5-17(2)6-13-21)22-14-9-18-7-8-19(18)15-22/h11-30H,5-10H2,1-4H3;6-17H,1-5H3;6-17,20H,5H2,1-4H3;7-18H,4-6H2,1-3H3;3-6,9-15H,7-8H2,1-2H3. The van der Waals surface area contributed by atoms with Crippen LogP contribution in [-0.2, 0) is 37.5 Å². The van der Waals surface area contributed by atoms with Crippen LogP contribution in [0.4, 0.5) is 102 Å². The third-order valence-corrected chi connectivity index (χ3v) is 26.8. The minimum Gasteiger partial charge on any atom is -0.311 e. The Morgan fingerprint density at radius 2 is 0.364 bits per heavy atom. The number of benzene rings is 17. The second-order valence-electron chi connectivity index (χ2n) is 39.3. The van der Waals surface area contributed by atoms with Crippen molar-refractivity contribution in [3.63, 3.8) is 0 Å². The fraction of sp³-hybridized carbons (Fsp3) is 0.239. The topological polar surface area (TPSA) is 19.4 Å². The van der Waals surface area contributed by atoms with Gasteiger partial charge in [-0.15, -0.1) is 0 Å². The molecule has 0 radical (unpaired) electrons. The van der Waals surface area contributed by atoms with Gasteiger partial charge in [-0.25, -0.2) is 0 Å². The highest BCUT2D eigenvalue weighted by Crippen LogP contribution is 2.45. The highest BCUT2D eigenvalue weighted by molar-refractivity contribution is 5.84. The number of fused-ring (bicyclic) bond motifs is 1. The largest absolute Gasteiger partial charge is 0.311 e. The maximum atomic E-state index is 2.35. The monoisotopic (exact) mass is 1840 g/mol. The summed E-state index contributed by atoms with van der Waals surface area (Å²) in [6.45, 7) is 39.3. The van der Waals surface area contributed by atoms with Gasteiger partial charge in [0.05, 0.1) is 0 Å².